The van der Waals surface area contributed by atoms with Crippen LogP contribution >= 0.6 is 0 Å². The molecule has 0 aliphatic carbocycles. The van der Waals surface area contributed by atoms with Crippen LogP contribution in [0.25, 0.3) is 10.9 Å². The number of ether oxygens (including phenoxy) is 1. The Kier molecular flexibility index (Phi) is 6.61. The van der Waals surface area contributed by atoms with Gasteiger partial charge in [-0.25, -0.2) is 9.78 Å². The smallest absolute Gasteiger partial charge is 0.410 e. The molecule has 3 aromatic rings. The molecule has 2 atom stereocenters. The number of benzene rings is 2. The molecule has 1 saturated heterocycles. The van der Waals surface area contributed by atoms with Crippen molar-refractivity contribution >= 4 is 22.8 Å². The van der Waals surface area contributed by atoms with Crippen LogP contribution in [0.2, 0.25) is 0 Å². The lowest BCUT2D eigenvalue weighted by Crippen LogP contribution is -2.47. The van der Waals surface area contributed by atoms with Crippen LogP contribution in [-0.4, -0.2) is 50.6 Å². The van der Waals surface area contributed by atoms with E-state index in [9.17, 15) is 19.5 Å². The number of nitrogens with zero attached hydrogens (tertiary/aromatic N) is 3. The average Bonchev–Trinajstić information content (AvgIpc) is 2.81. The maximum atomic E-state index is 12.6. The van der Waals surface area contributed by atoms with Gasteiger partial charge < -0.3 is 14.7 Å². The Balaban J connectivity index is 1.29. The van der Waals surface area contributed by atoms with Crippen molar-refractivity contribution < 1.29 is 19.4 Å². The fraction of sp³-hybridized carbons (Fsp3) is 0.333. The van der Waals surface area contributed by atoms with Gasteiger partial charge >= 0.3 is 6.09 Å². The van der Waals surface area contributed by atoms with E-state index in [0.29, 0.717) is 23.9 Å². The van der Waals surface area contributed by atoms with Gasteiger partial charge in [-0.15, -0.1) is 0 Å². The zero-order valence-electron chi connectivity index (χ0n) is 17.6. The van der Waals surface area contributed by atoms with Crippen molar-refractivity contribution in [2.75, 3.05) is 13.1 Å². The number of aliphatic hydroxyl groups excluding tert-OH is 1. The van der Waals surface area contributed by atoms with Crippen molar-refractivity contribution in [3.63, 3.8) is 0 Å². The van der Waals surface area contributed by atoms with E-state index in [1.165, 1.54) is 15.8 Å². The van der Waals surface area contributed by atoms with Crippen LogP contribution in [0.15, 0.2) is 65.7 Å². The molecule has 2 heterocycles. The highest BCUT2D eigenvalue weighted by molar-refractivity contribution is 5.80. The first-order valence-corrected chi connectivity index (χ1v) is 10.6. The van der Waals surface area contributed by atoms with Crippen LogP contribution in [0.4, 0.5) is 4.79 Å². The summed E-state index contributed by atoms with van der Waals surface area (Å²) in [7, 11) is 0. The van der Waals surface area contributed by atoms with E-state index < -0.39 is 12.2 Å². The summed E-state index contributed by atoms with van der Waals surface area (Å²) in [6.45, 7) is 0.592. The molecule has 8 heteroatoms. The van der Waals surface area contributed by atoms with Crippen LogP contribution < -0.4 is 5.56 Å². The van der Waals surface area contributed by atoms with Gasteiger partial charge in [0.25, 0.3) is 5.56 Å². The van der Waals surface area contributed by atoms with Crippen molar-refractivity contribution in [3.05, 3.63) is 76.8 Å². The number of Topliss-reactive ketones (excluding diaryl/α,β-unsaturated/α-hetero) is 1. The van der Waals surface area contributed by atoms with Crippen molar-refractivity contribution in [1.29, 1.82) is 0 Å². The molecule has 0 unspecified atom stereocenters. The number of hydrogen-bond acceptors (Lipinski definition) is 6. The molecule has 8 nitrogen and oxygen atoms in total. The first kappa shape index (κ1) is 21.7. The number of ketones is 1. The van der Waals surface area contributed by atoms with E-state index in [1.807, 2.05) is 30.3 Å². The van der Waals surface area contributed by atoms with E-state index in [4.69, 9.17) is 4.74 Å². The molecular weight excluding hydrogens is 410 g/mol. The normalized spacial score (nSPS) is 18.5. The molecule has 32 heavy (non-hydrogen) atoms. The van der Waals surface area contributed by atoms with Crippen molar-refractivity contribution in [3.8, 4) is 0 Å². The number of aliphatic hydroxyl groups is 1. The number of amides is 1. The van der Waals surface area contributed by atoms with Crippen molar-refractivity contribution in [1.82, 2.24) is 14.5 Å². The number of β-amino-alcohol motifs (C(OH)–C–C–N with tert-alkyl or cyclic N) is 1. The van der Waals surface area contributed by atoms with Gasteiger partial charge in [-0.2, -0.15) is 0 Å². The Hall–Kier alpha value is -3.52. The number of fused-ring (bicyclic) bond motifs is 1. The largest absolute Gasteiger partial charge is 0.445 e. The number of likely N-dealkylation sites (tertiary alicyclic amines) is 1. The number of hydrogen-bond donors (Lipinski definition) is 1. The summed E-state index contributed by atoms with van der Waals surface area (Å²) in [6, 6.07) is 16.4. The maximum Gasteiger partial charge on any atom is 0.410 e. The molecule has 0 spiro atoms. The Morgan fingerprint density at radius 3 is 2.62 bits per heavy atom. The van der Waals surface area contributed by atoms with Crippen LogP contribution in [0.3, 0.4) is 0 Å². The number of para-hydroxylation sites is 1. The molecule has 2 aromatic carbocycles. The van der Waals surface area contributed by atoms with E-state index >= 15 is 0 Å². The lowest BCUT2D eigenvalue weighted by Gasteiger charge is -2.35. The van der Waals surface area contributed by atoms with Crippen LogP contribution in [0, 0.1) is 5.92 Å². The highest BCUT2D eigenvalue weighted by Crippen LogP contribution is 2.22. The van der Waals surface area contributed by atoms with E-state index in [-0.39, 0.29) is 43.4 Å². The fourth-order valence-electron chi connectivity index (χ4n) is 3.96. The van der Waals surface area contributed by atoms with Gasteiger partial charge in [0.05, 0.1) is 36.4 Å². The highest BCUT2D eigenvalue weighted by atomic mass is 16.6. The van der Waals surface area contributed by atoms with Gasteiger partial charge in [0, 0.05) is 13.0 Å². The first-order chi connectivity index (χ1) is 15.5. The summed E-state index contributed by atoms with van der Waals surface area (Å²) in [5, 5.41) is 11.0. The third-order valence-electron chi connectivity index (χ3n) is 5.75. The third kappa shape index (κ3) is 5.03. The topological polar surface area (TPSA) is 102 Å². The van der Waals surface area contributed by atoms with Gasteiger partial charge in [-0.3, -0.25) is 14.2 Å². The summed E-state index contributed by atoms with van der Waals surface area (Å²) in [4.78, 5) is 43.2. The quantitative estimate of drug-likeness (QED) is 0.638. The molecule has 1 amide bonds. The summed E-state index contributed by atoms with van der Waals surface area (Å²) in [6.07, 6.45) is 0.686. The van der Waals surface area contributed by atoms with E-state index in [1.54, 1.807) is 24.3 Å². The van der Waals surface area contributed by atoms with Crippen LogP contribution in [-0.2, 0) is 22.7 Å². The second-order valence-electron chi connectivity index (χ2n) is 8.04. The Morgan fingerprint density at radius 1 is 1.09 bits per heavy atom. The van der Waals surface area contributed by atoms with Crippen molar-refractivity contribution in [2.24, 2.45) is 5.92 Å². The lowest BCUT2D eigenvalue weighted by molar-refractivity contribution is -0.122. The Morgan fingerprint density at radius 2 is 1.84 bits per heavy atom. The predicted molar refractivity (Wildman–Crippen MR) is 118 cm³/mol. The number of aromatic nitrogens is 2. The van der Waals surface area contributed by atoms with Crippen LogP contribution in [0.1, 0.15) is 18.4 Å². The summed E-state index contributed by atoms with van der Waals surface area (Å²) >= 11 is 0. The maximum absolute atomic E-state index is 12.6. The molecule has 0 bridgehead atoms. The molecule has 0 radical (unpaired) electrons. The van der Waals surface area contributed by atoms with Gasteiger partial charge in [-0.1, -0.05) is 42.5 Å². The molecule has 1 N–H and O–H groups in total. The summed E-state index contributed by atoms with van der Waals surface area (Å²) in [5.41, 5.74) is 1.21. The zero-order valence-corrected chi connectivity index (χ0v) is 17.6. The van der Waals surface area contributed by atoms with Gasteiger partial charge in [0.15, 0.2) is 5.78 Å². The Bertz CT molecular complexity index is 1160. The van der Waals surface area contributed by atoms with E-state index in [0.717, 1.165) is 5.56 Å². The molecule has 1 aliphatic rings. The number of carbonyl (C=O) groups is 2. The summed E-state index contributed by atoms with van der Waals surface area (Å²) < 4.78 is 6.62. The molecule has 1 fully saturated rings. The minimum Gasteiger partial charge on any atom is -0.445 e. The summed E-state index contributed by atoms with van der Waals surface area (Å²) in [5.74, 6) is -0.432. The minimum atomic E-state index is -0.830. The number of rotatable bonds is 6. The first-order valence-electron chi connectivity index (χ1n) is 10.6. The molecule has 4 rings (SSSR count). The van der Waals surface area contributed by atoms with Gasteiger partial charge in [0.1, 0.15) is 6.61 Å². The zero-order chi connectivity index (χ0) is 22.5. The minimum absolute atomic E-state index is 0.0945. The molecule has 1 aromatic heterocycles. The molecule has 166 valence electrons. The molecular formula is C24H25N3O5. The molecule has 1 aliphatic heterocycles. The number of piperidine rings is 1. The van der Waals surface area contributed by atoms with E-state index in [2.05, 4.69) is 4.98 Å². The van der Waals surface area contributed by atoms with Crippen LogP contribution in [0.5, 0.6) is 0 Å². The second-order valence-corrected chi connectivity index (χ2v) is 8.04. The monoisotopic (exact) mass is 435 g/mol. The SMILES string of the molecule is O=C(C[C@H]1CCN(C(=O)OCc2ccccc2)C[C@@H]1O)Cn1cnc2ccccc2c1=O. The lowest BCUT2D eigenvalue weighted by atomic mass is 9.89. The highest BCUT2D eigenvalue weighted by Gasteiger charge is 2.32. The Labute approximate surface area is 185 Å². The average molecular weight is 435 g/mol. The standard InChI is InChI=1S/C24H25N3O5/c28-19(13-27-16-25-21-9-5-4-8-20(21)23(27)30)12-18-10-11-26(14-22(18)29)24(31)32-15-17-6-2-1-3-7-17/h1-9,16,18,22,29H,10-15H2/t18-,22+/m1/s1. The van der Waals surface area contributed by atoms with Gasteiger partial charge in [-0.05, 0) is 30.0 Å². The van der Waals surface area contributed by atoms with Crippen molar-refractivity contribution in [2.45, 2.75) is 32.1 Å². The molecule has 0 saturated carbocycles. The van der Waals surface area contributed by atoms with Gasteiger partial charge in [0.2, 0.25) is 0 Å². The fourth-order valence-corrected chi connectivity index (χ4v) is 3.96. The number of carbonyl (C=O) groups excluding carboxylic acids is 2. The predicted octanol–water partition coefficient (Wildman–Crippen LogP) is 2.38. The second kappa shape index (κ2) is 9.74. The third-order valence-corrected chi connectivity index (χ3v) is 5.75.